The lowest BCUT2D eigenvalue weighted by Crippen LogP contribution is -2.42. The first-order chi connectivity index (χ1) is 14.5. The summed E-state index contributed by atoms with van der Waals surface area (Å²) in [5.41, 5.74) is 3.67. The number of imidazole rings is 1. The largest absolute Gasteiger partial charge is 0.361 e. The van der Waals surface area contributed by atoms with Gasteiger partial charge < -0.3 is 9.47 Å². The monoisotopic (exact) mass is 442 g/mol. The van der Waals surface area contributed by atoms with E-state index in [1.165, 1.54) is 11.6 Å². The number of halogens is 1. The lowest BCUT2D eigenvalue weighted by Gasteiger charge is -2.33. The van der Waals surface area contributed by atoms with Crippen molar-refractivity contribution in [2.24, 2.45) is 7.05 Å². The van der Waals surface area contributed by atoms with Gasteiger partial charge in [-0.15, -0.1) is 0 Å². The maximum Gasteiger partial charge on any atom is 0.129 e. The van der Waals surface area contributed by atoms with E-state index in [0.717, 1.165) is 24.2 Å². The molecule has 7 heteroatoms. The van der Waals surface area contributed by atoms with E-state index in [4.69, 9.17) is 0 Å². The van der Waals surface area contributed by atoms with Crippen LogP contribution in [-0.4, -0.2) is 36.9 Å². The maximum atomic E-state index is 14.8. The number of aryl methyl sites for hydroxylation is 2. The van der Waals surface area contributed by atoms with E-state index in [1.807, 2.05) is 46.4 Å². The highest BCUT2D eigenvalue weighted by Gasteiger charge is 2.31. The molecule has 2 aromatic carbocycles. The van der Waals surface area contributed by atoms with Crippen molar-refractivity contribution in [3.63, 3.8) is 0 Å². The first-order valence-electron chi connectivity index (χ1n) is 10.1. The Morgan fingerprint density at radius 3 is 2.61 bits per heavy atom. The zero-order valence-corrected chi connectivity index (χ0v) is 18.2. The molecule has 0 spiro atoms. The molecule has 0 aliphatic carbocycles. The van der Waals surface area contributed by atoms with E-state index < -0.39 is 11.0 Å². The van der Waals surface area contributed by atoms with Crippen LogP contribution in [0.2, 0.25) is 0 Å². The molecule has 0 fully saturated rings. The number of benzene rings is 2. The van der Waals surface area contributed by atoms with Gasteiger partial charge in [0.05, 0.1) is 29.6 Å². The summed E-state index contributed by atoms with van der Waals surface area (Å²) >= 11 is 0. The van der Waals surface area contributed by atoms with Crippen LogP contribution in [0.4, 0.5) is 10.1 Å². The fourth-order valence-corrected chi connectivity index (χ4v) is 4.80. The predicted octanol–water partition coefficient (Wildman–Crippen LogP) is 4.31. The minimum atomic E-state index is -1.18. The molecule has 0 amide bonds. The molecule has 1 aliphatic heterocycles. The highest BCUT2D eigenvalue weighted by molar-refractivity contribution is 7.81. The summed E-state index contributed by atoms with van der Waals surface area (Å²) < 4.78 is 31.0. The van der Waals surface area contributed by atoms with Crippen LogP contribution in [-0.2, 0) is 37.5 Å². The summed E-state index contributed by atoms with van der Waals surface area (Å²) in [5, 5.41) is 0. The van der Waals surface area contributed by atoms with Gasteiger partial charge >= 0.3 is 0 Å². The van der Waals surface area contributed by atoms with Gasteiger partial charge in [0.25, 0.3) is 0 Å². The van der Waals surface area contributed by atoms with Crippen molar-refractivity contribution < 1.29 is 8.60 Å². The predicted molar refractivity (Wildman–Crippen MR) is 126 cm³/mol. The van der Waals surface area contributed by atoms with Crippen LogP contribution >= 0.6 is 0 Å². The Morgan fingerprint density at radius 2 is 1.94 bits per heavy atom. The van der Waals surface area contributed by atoms with Crippen molar-refractivity contribution in [3.05, 3.63) is 83.7 Å². The van der Waals surface area contributed by atoms with Gasteiger partial charge in [-0.1, -0.05) is 43.8 Å². The average molecular weight is 443 g/mol. The molecule has 4 rings (SSSR count). The molecule has 0 saturated carbocycles. The third kappa shape index (κ3) is 5.40. The molecule has 2 atom stereocenters. The van der Waals surface area contributed by atoms with Crippen LogP contribution in [0.5, 0.6) is 0 Å². The van der Waals surface area contributed by atoms with Gasteiger partial charge in [-0.05, 0) is 30.5 Å². The number of fused-ring (bicyclic) bond motifs is 1. The Kier molecular flexibility index (Phi) is 7.62. The summed E-state index contributed by atoms with van der Waals surface area (Å²) in [5.74, 6) is -0.252. The van der Waals surface area contributed by atoms with E-state index >= 15 is 0 Å². The molecular weight excluding hydrogens is 411 g/mol. The van der Waals surface area contributed by atoms with Gasteiger partial charge in [-0.25, -0.2) is 17.9 Å². The zero-order valence-electron chi connectivity index (χ0n) is 17.4. The van der Waals surface area contributed by atoms with Gasteiger partial charge in [-0.3, -0.25) is 0 Å². The maximum absolute atomic E-state index is 14.8. The Bertz CT molecular complexity index is 1020. The first-order valence-corrected chi connectivity index (χ1v) is 11.7. The number of hydrogen-bond acceptors (Lipinski definition) is 3. The molecule has 3 aromatic rings. The standard InChI is InChI=1S/C23H27FN4OS.CH4/c1-26-13-19(25-17-26)14-28-20(12-11-18-7-4-3-5-8-18)15-27(30(2)29)16-21-22(24)9-6-10-23(21)28;/h3-10,13,17,20H,11-12,14-16H2,1-2H3;1H4. The molecule has 0 saturated heterocycles. The molecule has 0 N–H and O–H groups in total. The fraction of sp³-hybridized carbons (Fsp3) is 0.375. The number of hydrogen-bond donors (Lipinski definition) is 0. The lowest BCUT2D eigenvalue weighted by molar-refractivity contribution is 0.389. The van der Waals surface area contributed by atoms with Crippen LogP contribution in [0.25, 0.3) is 0 Å². The van der Waals surface area contributed by atoms with E-state index in [2.05, 4.69) is 22.0 Å². The molecule has 1 aromatic heterocycles. The topological polar surface area (TPSA) is 41.4 Å². The molecular formula is C24H31FN4OS. The minimum absolute atomic E-state index is 0. The lowest BCUT2D eigenvalue weighted by atomic mass is 10.0. The van der Waals surface area contributed by atoms with Crippen molar-refractivity contribution in [3.8, 4) is 0 Å². The number of aromatic nitrogens is 2. The number of nitrogens with zero attached hydrogens (tertiary/aromatic N) is 4. The van der Waals surface area contributed by atoms with E-state index in [-0.39, 0.29) is 19.3 Å². The van der Waals surface area contributed by atoms with Crippen LogP contribution in [0.15, 0.2) is 61.1 Å². The first kappa shape index (κ1) is 23.2. The van der Waals surface area contributed by atoms with Crippen molar-refractivity contribution in [1.29, 1.82) is 0 Å². The van der Waals surface area contributed by atoms with Crippen molar-refractivity contribution >= 4 is 16.7 Å². The molecule has 1 aliphatic rings. The van der Waals surface area contributed by atoms with Gasteiger partial charge in [0.15, 0.2) is 0 Å². The Labute approximate surface area is 187 Å². The second-order valence-corrected chi connectivity index (χ2v) is 9.18. The summed E-state index contributed by atoms with van der Waals surface area (Å²) in [6.45, 7) is 1.53. The van der Waals surface area contributed by atoms with Crippen molar-refractivity contribution in [2.45, 2.75) is 39.4 Å². The fourth-order valence-electron chi connectivity index (χ4n) is 4.10. The Hall–Kier alpha value is -2.51. The summed E-state index contributed by atoms with van der Waals surface area (Å²) in [6.07, 6.45) is 7.22. The van der Waals surface area contributed by atoms with Crippen molar-refractivity contribution in [1.82, 2.24) is 13.9 Å². The Morgan fingerprint density at radius 1 is 1.16 bits per heavy atom. The zero-order chi connectivity index (χ0) is 21.1. The van der Waals surface area contributed by atoms with Crippen LogP contribution in [0.3, 0.4) is 0 Å². The Balaban J connectivity index is 0.00000272. The minimum Gasteiger partial charge on any atom is -0.361 e. The SMILES string of the molecule is C.Cn1cnc(CN2c3cccc(F)c3CN(S(C)=O)CC2CCc2ccccc2)c1. The molecule has 0 bridgehead atoms. The highest BCUT2D eigenvalue weighted by Crippen LogP contribution is 2.33. The van der Waals surface area contributed by atoms with E-state index in [0.29, 0.717) is 25.2 Å². The number of rotatable bonds is 6. The summed E-state index contributed by atoms with van der Waals surface area (Å²) in [7, 11) is 0.761. The third-order valence-corrected chi connectivity index (χ3v) is 6.66. The quantitative estimate of drug-likeness (QED) is 0.571. The number of anilines is 1. The van der Waals surface area contributed by atoms with E-state index in [9.17, 15) is 8.60 Å². The van der Waals surface area contributed by atoms with Gasteiger partial charge in [0, 0.05) is 49.9 Å². The smallest absolute Gasteiger partial charge is 0.129 e. The van der Waals surface area contributed by atoms with Gasteiger partial charge in [0.1, 0.15) is 5.82 Å². The van der Waals surface area contributed by atoms with Gasteiger partial charge in [-0.2, -0.15) is 0 Å². The van der Waals surface area contributed by atoms with Crippen LogP contribution < -0.4 is 4.90 Å². The van der Waals surface area contributed by atoms with Gasteiger partial charge in [0.2, 0.25) is 0 Å². The van der Waals surface area contributed by atoms with Crippen molar-refractivity contribution in [2.75, 3.05) is 17.7 Å². The molecule has 31 heavy (non-hydrogen) atoms. The average Bonchev–Trinajstić information content (AvgIpc) is 3.07. The second-order valence-electron chi connectivity index (χ2n) is 7.82. The van der Waals surface area contributed by atoms with Crippen LogP contribution in [0, 0.1) is 5.82 Å². The molecule has 0 radical (unpaired) electrons. The molecule has 166 valence electrons. The molecule has 2 heterocycles. The summed E-state index contributed by atoms with van der Waals surface area (Å²) in [6, 6.07) is 15.7. The third-order valence-electron chi connectivity index (χ3n) is 5.66. The second kappa shape index (κ2) is 10.2. The van der Waals surface area contributed by atoms with Crippen LogP contribution in [0.1, 0.15) is 30.7 Å². The van der Waals surface area contributed by atoms with E-state index in [1.54, 1.807) is 18.6 Å². The molecule has 5 nitrogen and oxygen atoms in total. The molecule has 2 unspecified atom stereocenters. The normalized spacial score (nSPS) is 17.5. The summed E-state index contributed by atoms with van der Waals surface area (Å²) in [4.78, 5) is 6.74. The highest BCUT2D eigenvalue weighted by atomic mass is 32.2.